The number of nitrogens with zero attached hydrogens (tertiary/aromatic N) is 2. The lowest BCUT2D eigenvalue weighted by Gasteiger charge is -2.00. The van der Waals surface area contributed by atoms with Crippen molar-refractivity contribution in [2.24, 2.45) is 0 Å². The minimum absolute atomic E-state index is 0.0584. The number of hydrogen-bond donors (Lipinski definition) is 0. The van der Waals surface area contributed by atoms with Gasteiger partial charge in [0, 0.05) is 17.3 Å². The number of pyridine rings is 1. The van der Waals surface area contributed by atoms with Gasteiger partial charge in [-0.3, -0.25) is 28.5 Å². The van der Waals surface area contributed by atoms with Gasteiger partial charge in [-0.2, -0.15) is 0 Å². The molecule has 0 N–H and O–H groups in total. The van der Waals surface area contributed by atoms with Crippen LogP contribution in [0.2, 0.25) is 0 Å². The largest absolute Gasteiger partial charge is 0.577 e. The SMILES string of the molecule is F[B]F.O=C(Cc1ccc([N+](=O)[O-])cn1)c1ccccc1. The smallest absolute Gasteiger partial charge is 0.294 e. The molecule has 0 unspecified atom stereocenters. The van der Waals surface area contributed by atoms with Crippen LogP contribution in [0.25, 0.3) is 0 Å². The second-order valence-electron chi connectivity index (χ2n) is 3.81. The third kappa shape index (κ3) is 5.47. The molecule has 0 aliphatic heterocycles. The van der Waals surface area contributed by atoms with Crippen LogP contribution in [-0.4, -0.2) is 23.5 Å². The highest BCUT2D eigenvalue weighted by Crippen LogP contribution is 2.11. The molecule has 0 saturated carbocycles. The lowest BCUT2D eigenvalue weighted by Crippen LogP contribution is -2.05. The van der Waals surface area contributed by atoms with Crippen LogP contribution in [0.3, 0.4) is 0 Å². The minimum Gasteiger partial charge on any atom is -0.294 e. The van der Waals surface area contributed by atoms with E-state index in [2.05, 4.69) is 4.98 Å². The Morgan fingerprint density at radius 3 is 2.29 bits per heavy atom. The maximum atomic E-state index is 11.9. The van der Waals surface area contributed by atoms with Crippen molar-refractivity contribution in [2.75, 3.05) is 0 Å². The van der Waals surface area contributed by atoms with E-state index in [4.69, 9.17) is 0 Å². The Bertz CT molecular complexity index is 594. The highest BCUT2D eigenvalue weighted by Gasteiger charge is 2.09. The van der Waals surface area contributed by atoms with E-state index in [-0.39, 0.29) is 17.9 Å². The zero-order valence-electron chi connectivity index (χ0n) is 10.8. The second-order valence-corrected chi connectivity index (χ2v) is 3.81. The Morgan fingerprint density at radius 2 is 1.81 bits per heavy atom. The Hall–Kier alpha value is -2.64. The molecule has 0 amide bonds. The first-order chi connectivity index (χ1) is 10.1. The Labute approximate surface area is 120 Å². The van der Waals surface area contributed by atoms with Crippen molar-refractivity contribution in [3.05, 3.63) is 70.0 Å². The number of aromatic nitrogens is 1. The van der Waals surface area contributed by atoms with Gasteiger partial charge in [0.2, 0.25) is 0 Å². The van der Waals surface area contributed by atoms with Crippen LogP contribution >= 0.6 is 0 Å². The summed E-state index contributed by atoms with van der Waals surface area (Å²) in [5.41, 5.74) is 1.05. The lowest BCUT2D eigenvalue weighted by atomic mass is 10.1. The number of benzene rings is 1. The minimum atomic E-state index is -1.00. The fourth-order valence-electron chi connectivity index (χ4n) is 1.52. The maximum Gasteiger partial charge on any atom is 0.577 e. The molecule has 0 fully saturated rings. The molecule has 1 heterocycles. The normalized spacial score (nSPS) is 9.24. The monoisotopic (exact) mass is 291 g/mol. The van der Waals surface area contributed by atoms with Gasteiger partial charge in [0.25, 0.3) is 5.69 Å². The summed E-state index contributed by atoms with van der Waals surface area (Å²) in [4.78, 5) is 25.7. The van der Waals surface area contributed by atoms with Crippen molar-refractivity contribution in [1.29, 1.82) is 0 Å². The fourth-order valence-corrected chi connectivity index (χ4v) is 1.52. The van der Waals surface area contributed by atoms with Crippen molar-refractivity contribution >= 4 is 19.3 Å². The fraction of sp³-hybridized carbons (Fsp3) is 0.0769. The number of ketones is 1. The van der Waals surface area contributed by atoms with Gasteiger partial charge in [0.05, 0.1) is 11.3 Å². The van der Waals surface area contributed by atoms with Crippen LogP contribution in [0.15, 0.2) is 48.7 Å². The van der Waals surface area contributed by atoms with Crippen molar-refractivity contribution < 1.29 is 18.3 Å². The van der Waals surface area contributed by atoms with Crippen LogP contribution in [-0.2, 0) is 6.42 Å². The van der Waals surface area contributed by atoms with Crippen molar-refractivity contribution in [1.82, 2.24) is 4.98 Å². The molecule has 0 aliphatic carbocycles. The van der Waals surface area contributed by atoms with E-state index in [0.29, 0.717) is 11.3 Å². The molecule has 1 aromatic heterocycles. The molecule has 1 radical (unpaired) electrons. The summed E-state index contributed by atoms with van der Waals surface area (Å²) in [5.74, 6) is -0.0584. The van der Waals surface area contributed by atoms with Gasteiger partial charge in [-0.25, -0.2) is 0 Å². The van der Waals surface area contributed by atoms with Gasteiger partial charge in [0.1, 0.15) is 6.20 Å². The average molecular weight is 291 g/mol. The van der Waals surface area contributed by atoms with Crippen LogP contribution < -0.4 is 0 Å². The summed E-state index contributed by atoms with van der Waals surface area (Å²) in [6, 6.07) is 11.7. The van der Waals surface area contributed by atoms with Crippen LogP contribution in [0.4, 0.5) is 14.3 Å². The first-order valence-corrected chi connectivity index (χ1v) is 5.78. The van der Waals surface area contributed by atoms with E-state index in [0.717, 1.165) is 6.20 Å². The molecule has 21 heavy (non-hydrogen) atoms. The number of halogens is 2. The van der Waals surface area contributed by atoms with Gasteiger partial charge in [0.15, 0.2) is 5.78 Å². The first-order valence-electron chi connectivity index (χ1n) is 5.78. The van der Waals surface area contributed by atoms with Gasteiger partial charge in [-0.1, -0.05) is 30.3 Å². The highest BCUT2D eigenvalue weighted by molar-refractivity contribution is 6.15. The summed E-state index contributed by atoms with van der Waals surface area (Å²) < 4.78 is 19.0. The summed E-state index contributed by atoms with van der Waals surface area (Å²) in [5, 5.41) is 10.5. The molecule has 8 heteroatoms. The molecule has 0 saturated heterocycles. The average Bonchev–Trinajstić information content (AvgIpc) is 2.49. The number of hydrogen-bond acceptors (Lipinski definition) is 4. The summed E-state index contributed by atoms with van der Waals surface area (Å²) in [7, 11) is -1.00. The zero-order valence-corrected chi connectivity index (χ0v) is 10.8. The zero-order chi connectivity index (χ0) is 15.7. The van der Waals surface area contributed by atoms with Crippen molar-refractivity contribution in [3.8, 4) is 0 Å². The molecule has 5 nitrogen and oxygen atoms in total. The summed E-state index contributed by atoms with van der Waals surface area (Å²) in [6.45, 7) is 0. The molecule has 2 rings (SSSR count). The number of carbonyl (C=O) groups excluding carboxylic acids is 1. The number of nitro groups is 1. The predicted octanol–water partition coefficient (Wildman–Crippen LogP) is 2.87. The molecule has 0 atom stereocenters. The first kappa shape index (κ1) is 16.4. The summed E-state index contributed by atoms with van der Waals surface area (Å²) >= 11 is 0. The van der Waals surface area contributed by atoms with E-state index in [1.807, 2.05) is 6.07 Å². The molecule has 107 valence electrons. The highest BCUT2D eigenvalue weighted by atomic mass is 19.2. The summed E-state index contributed by atoms with van der Waals surface area (Å²) in [6.07, 6.45) is 1.30. The Kier molecular flexibility index (Phi) is 6.66. The van der Waals surface area contributed by atoms with E-state index >= 15 is 0 Å². The second kappa shape index (κ2) is 8.52. The third-order valence-corrected chi connectivity index (χ3v) is 2.46. The molecular weight excluding hydrogens is 281 g/mol. The Balaban J connectivity index is 0.000000677. The van der Waals surface area contributed by atoms with Crippen molar-refractivity contribution in [3.63, 3.8) is 0 Å². The lowest BCUT2D eigenvalue weighted by molar-refractivity contribution is -0.385. The number of Topliss-reactive ketones (excluding diaryl/α,β-unsaturated/α-hetero) is 1. The standard InChI is InChI=1S/C13H10N2O3.BF2/c16-13(10-4-2-1-3-5-10)8-11-6-7-12(9-14-11)15(17)18;2-1-3/h1-7,9H,8H2;. The molecule has 0 bridgehead atoms. The van der Waals surface area contributed by atoms with E-state index < -0.39 is 12.8 Å². The van der Waals surface area contributed by atoms with E-state index in [9.17, 15) is 23.5 Å². The molecule has 2 aromatic rings. The number of rotatable bonds is 4. The van der Waals surface area contributed by atoms with E-state index in [1.165, 1.54) is 12.1 Å². The molecule has 1 aromatic carbocycles. The topological polar surface area (TPSA) is 73.1 Å². The predicted molar refractivity (Wildman–Crippen MR) is 73.3 cm³/mol. The van der Waals surface area contributed by atoms with Crippen molar-refractivity contribution in [2.45, 2.75) is 6.42 Å². The Morgan fingerprint density at radius 1 is 1.19 bits per heavy atom. The number of carbonyl (C=O) groups is 1. The van der Waals surface area contributed by atoms with E-state index in [1.54, 1.807) is 24.3 Å². The quantitative estimate of drug-likeness (QED) is 0.376. The molecular formula is C13H10BF2N2O3. The third-order valence-electron chi connectivity index (χ3n) is 2.46. The van der Waals surface area contributed by atoms with Gasteiger partial charge >= 0.3 is 7.83 Å². The van der Waals surface area contributed by atoms with Gasteiger partial charge in [-0.15, -0.1) is 0 Å². The molecule has 0 aliphatic rings. The van der Waals surface area contributed by atoms with Crippen LogP contribution in [0.5, 0.6) is 0 Å². The van der Waals surface area contributed by atoms with Gasteiger partial charge < -0.3 is 0 Å². The molecule has 0 spiro atoms. The van der Waals surface area contributed by atoms with Gasteiger partial charge in [-0.05, 0) is 6.07 Å². The van der Waals surface area contributed by atoms with Crippen LogP contribution in [0.1, 0.15) is 16.1 Å². The maximum absolute atomic E-state index is 11.9. The van der Waals surface area contributed by atoms with Crippen LogP contribution in [0, 0.1) is 10.1 Å².